The summed E-state index contributed by atoms with van der Waals surface area (Å²) in [6.45, 7) is 5.49. The Kier molecular flexibility index (Phi) is 4.21. The van der Waals surface area contributed by atoms with Crippen LogP contribution in [0.4, 0.5) is 10.1 Å². The number of halogens is 1. The van der Waals surface area contributed by atoms with E-state index in [1.54, 1.807) is 32.9 Å². The Bertz CT molecular complexity index is 682. The molecule has 21 heavy (non-hydrogen) atoms. The van der Waals surface area contributed by atoms with Crippen LogP contribution in [0.25, 0.3) is 11.1 Å². The lowest BCUT2D eigenvalue weighted by Gasteiger charge is -2.16. The van der Waals surface area contributed by atoms with E-state index in [0.29, 0.717) is 33.8 Å². The molecule has 1 heterocycles. The molecule has 0 unspecified atom stereocenters. The summed E-state index contributed by atoms with van der Waals surface area (Å²) in [7, 11) is 0. The van der Waals surface area contributed by atoms with Gasteiger partial charge in [-0.05, 0) is 38.5 Å². The molecule has 2 N–H and O–H groups in total. The van der Waals surface area contributed by atoms with E-state index in [1.807, 2.05) is 0 Å². The van der Waals surface area contributed by atoms with E-state index >= 15 is 0 Å². The first-order valence-corrected chi connectivity index (χ1v) is 6.65. The second kappa shape index (κ2) is 5.91. The van der Waals surface area contributed by atoms with Crippen molar-refractivity contribution in [3.8, 4) is 11.1 Å². The Morgan fingerprint density at radius 1 is 1.24 bits per heavy atom. The van der Waals surface area contributed by atoms with Crippen LogP contribution in [0.3, 0.4) is 0 Å². The van der Waals surface area contributed by atoms with Crippen LogP contribution in [-0.2, 0) is 4.74 Å². The van der Waals surface area contributed by atoms with Crippen molar-refractivity contribution in [2.75, 3.05) is 12.3 Å². The molecule has 0 spiro atoms. The SMILES string of the molecule is CCOC(=O)c1c(C)nc(C)c(N)c1-c1ccc(F)cc1. The summed E-state index contributed by atoms with van der Waals surface area (Å²) in [5, 5.41) is 0. The lowest BCUT2D eigenvalue weighted by molar-refractivity contribution is 0.0526. The average molecular weight is 288 g/mol. The minimum absolute atomic E-state index is 0.259. The predicted octanol–water partition coefficient (Wildman–Crippen LogP) is 3.26. The number of anilines is 1. The van der Waals surface area contributed by atoms with Gasteiger partial charge in [-0.1, -0.05) is 12.1 Å². The van der Waals surface area contributed by atoms with Crippen molar-refractivity contribution in [3.05, 3.63) is 47.0 Å². The lowest BCUT2D eigenvalue weighted by Crippen LogP contribution is -2.13. The highest BCUT2D eigenvalue weighted by Crippen LogP contribution is 2.33. The molecule has 0 atom stereocenters. The molecule has 0 aliphatic heterocycles. The van der Waals surface area contributed by atoms with Gasteiger partial charge in [-0.25, -0.2) is 9.18 Å². The van der Waals surface area contributed by atoms with Crippen LogP contribution in [0.1, 0.15) is 28.7 Å². The predicted molar refractivity (Wildman–Crippen MR) is 79.5 cm³/mol. The molecule has 110 valence electrons. The Morgan fingerprint density at radius 2 is 1.86 bits per heavy atom. The van der Waals surface area contributed by atoms with Crippen LogP contribution in [0.5, 0.6) is 0 Å². The fourth-order valence-electron chi connectivity index (χ4n) is 2.23. The van der Waals surface area contributed by atoms with Crippen LogP contribution in [0.15, 0.2) is 24.3 Å². The molecule has 1 aromatic carbocycles. The van der Waals surface area contributed by atoms with E-state index in [-0.39, 0.29) is 12.4 Å². The number of esters is 1. The molecule has 0 fully saturated rings. The van der Waals surface area contributed by atoms with Crippen LogP contribution < -0.4 is 5.73 Å². The van der Waals surface area contributed by atoms with E-state index in [2.05, 4.69) is 4.98 Å². The molecule has 0 saturated heterocycles. The van der Waals surface area contributed by atoms with Crippen molar-refractivity contribution in [2.24, 2.45) is 0 Å². The molecule has 2 aromatic rings. The molecular formula is C16H17FN2O2. The van der Waals surface area contributed by atoms with Gasteiger partial charge in [-0.2, -0.15) is 0 Å². The third-order valence-electron chi connectivity index (χ3n) is 3.22. The molecule has 0 saturated carbocycles. The number of nitrogens with two attached hydrogens (primary N) is 1. The highest BCUT2D eigenvalue weighted by atomic mass is 19.1. The number of pyridine rings is 1. The zero-order valence-corrected chi connectivity index (χ0v) is 12.2. The van der Waals surface area contributed by atoms with Crippen LogP contribution in [0, 0.1) is 19.7 Å². The van der Waals surface area contributed by atoms with Crippen LogP contribution in [0.2, 0.25) is 0 Å². The van der Waals surface area contributed by atoms with Crippen molar-refractivity contribution in [1.82, 2.24) is 4.98 Å². The van der Waals surface area contributed by atoms with Gasteiger partial charge in [0.05, 0.1) is 29.2 Å². The second-order valence-electron chi connectivity index (χ2n) is 4.67. The number of hydrogen-bond acceptors (Lipinski definition) is 4. The first-order chi connectivity index (χ1) is 9.95. The molecule has 4 nitrogen and oxygen atoms in total. The van der Waals surface area contributed by atoms with Gasteiger partial charge in [0.2, 0.25) is 0 Å². The standard InChI is InChI=1S/C16H17FN2O2/c1-4-21-16(20)13-9(2)19-10(3)15(18)14(13)11-5-7-12(17)8-6-11/h5-8H,4,18H2,1-3H3. The number of hydrogen-bond donors (Lipinski definition) is 1. The van der Waals surface area contributed by atoms with Gasteiger partial charge < -0.3 is 10.5 Å². The van der Waals surface area contributed by atoms with Gasteiger partial charge in [-0.3, -0.25) is 4.98 Å². The fraction of sp³-hybridized carbons (Fsp3) is 0.250. The third-order valence-corrected chi connectivity index (χ3v) is 3.22. The molecule has 0 amide bonds. The van der Waals surface area contributed by atoms with Gasteiger partial charge in [0.25, 0.3) is 0 Å². The van der Waals surface area contributed by atoms with E-state index in [0.717, 1.165) is 0 Å². The van der Waals surface area contributed by atoms with E-state index in [9.17, 15) is 9.18 Å². The van der Waals surface area contributed by atoms with Crippen molar-refractivity contribution in [3.63, 3.8) is 0 Å². The molecule has 1 aromatic heterocycles. The van der Waals surface area contributed by atoms with Gasteiger partial charge in [0.1, 0.15) is 5.82 Å². The van der Waals surface area contributed by atoms with Gasteiger partial charge >= 0.3 is 5.97 Å². The fourth-order valence-corrected chi connectivity index (χ4v) is 2.23. The van der Waals surface area contributed by atoms with E-state index in [1.165, 1.54) is 12.1 Å². The van der Waals surface area contributed by atoms with Crippen molar-refractivity contribution in [2.45, 2.75) is 20.8 Å². The minimum Gasteiger partial charge on any atom is -0.462 e. The first-order valence-electron chi connectivity index (χ1n) is 6.65. The van der Waals surface area contributed by atoms with Gasteiger partial charge in [0, 0.05) is 5.56 Å². The van der Waals surface area contributed by atoms with Crippen molar-refractivity contribution in [1.29, 1.82) is 0 Å². The quantitative estimate of drug-likeness (QED) is 0.880. The summed E-state index contributed by atoms with van der Waals surface area (Å²) in [5.41, 5.74) is 9.18. The smallest absolute Gasteiger partial charge is 0.340 e. The summed E-state index contributed by atoms with van der Waals surface area (Å²) in [6, 6.07) is 5.83. The largest absolute Gasteiger partial charge is 0.462 e. The summed E-state index contributed by atoms with van der Waals surface area (Å²) in [4.78, 5) is 16.5. The third kappa shape index (κ3) is 2.86. The first kappa shape index (κ1) is 15.0. The average Bonchev–Trinajstić information content (AvgIpc) is 2.44. The van der Waals surface area contributed by atoms with E-state index < -0.39 is 5.97 Å². The zero-order chi connectivity index (χ0) is 15.6. The molecule has 2 rings (SSSR count). The number of aryl methyl sites for hydroxylation is 2. The number of rotatable bonds is 3. The number of ether oxygens (including phenoxy) is 1. The monoisotopic (exact) mass is 288 g/mol. The zero-order valence-electron chi connectivity index (χ0n) is 12.2. The van der Waals surface area contributed by atoms with E-state index in [4.69, 9.17) is 10.5 Å². The lowest BCUT2D eigenvalue weighted by atomic mass is 9.96. The molecule has 0 aliphatic carbocycles. The topological polar surface area (TPSA) is 65.2 Å². The Balaban J connectivity index is 2.72. The molecular weight excluding hydrogens is 271 g/mol. The Hall–Kier alpha value is -2.43. The summed E-state index contributed by atoms with van der Waals surface area (Å²) in [6.07, 6.45) is 0. The summed E-state index contributed by atoms with van der Waals surface area (Å²) >= 11 is 0. The molecule has 0 aliphatic rings. The maximum absolute atomic E-state index is 13.1. The highest BCUT2D eigenvalue weighted by Gasteiger charge is 2.22. The summed E-state index contributed by atoms with van der Waals surface area (Å²) < 4.78 is 18.2. The maximum Gasteiger partial charge on any atom is 0.340 e. The number of nitrogen functional groups attached to an aromatic ring is 1. The number of aromatic nitrogens is 1. The van der Waals surface area contributed by atoms with Gasteiger partial charge in [0.15, 0.2) is 0 Å². The normalized spacial score (nSPS) is 10.5. The van der Waals surface area contributed by atoms with Crippen molar-refractivity contribution >= 4 is 11.7 Å². The van der Waals surface area contributed by atoms with Gasteiger partial charge in [-0.15, -0.1) is 0 Å². The Morgan fingerprint density at radius 3 is 2.43 bits per heavy atom. The maximum atomic E-state index is 13.1. The number of nitrogens with zero attached hydrogens (tertiary/aromatic N) is 1. The number of carbonyl (C=O) groups is 1. The van der Waals surface area contributed by atoms with Crippen molar-refractivity contribution < 1.29 is 13.9 Å². The highest BCUT2D eigenvalue weighted by molar-refractivity contribution is 6.02. The van der Waals surface area contributed by atoms with Crippen LogP contribution >= 0.6 is 0 Å². The molecule has 5 heteroatoms. The van der Waals surface area contributed by atoms with Crippen LogP contribution in [-0.4, -0.2) is 17.6 Å². The molecule has 0 bridgehead atoms. The second-order valence-corrected chi connectivity index (χ2v) is 4.67. The number of carbonyl (C=O) groups excluding carboxylic acids is 1. The number of benzene rings is 1. The molecule has 0 radical (unpaired) electrons. The Labute approximate surface area is 122 Å². The minimum atomic E-state index is -0.478. The summed E-state index contributed by atoms with van der Waals surface area (Å²) in [5.74, 6) is -0.828.